The van der Waals surface area contributed by atoms with Crippen LogP contribution >= 0.6 is 15.9 Å². The Morgan fingerprint density at radius 1 is 1.17 bits per heavy atom. The third kappa shape index (κ3) is 5.16. The minimum absolute atomic E-state index is 0.221. The van der Waals surface area contributed by atoms with Gasteiger partial charge in [0.15, 0.2) is 0 Å². The van der Waals surface area contributed by atoms with Crippen LogP contribution < -0.4 is 20.3 Å². The van der Waals surface area contributed by atoms with Crippen molar-refractivity contribution in [1.82, 2.24) is 5.32 Å². The van der Waals surface area contributed by atoms with Gasteiger partial charge in [0.1, 0.15) is 5.75 Å². The van der Waals surface area contributed by atoms with E-state index in [1.165, 1.54) is 0 Å². The number of urea groups is 1. The SMILES string of the molecule is COc1ccc(Br)cc1CCNC(=O)Nc1ccc(N(C)C)cc1. The van der Waals surface area contributed by atoms with Crippen LogP contribution in [0.2, 0.25) is 0 Å². The zero-order valence-corrected chi connectivity index (χ0v) is 15.7. The molecule has 0 atom stereocenters. The van der Waals surface area contributed by atoms with E-state index in [9.17, 15) is 4.79 Å². The maximum absolute atomic E-state index is 12.0. The van der Waals surface area contributed by atoms with Gasteiger partial charge in [0, 0.05) is 36.5 Å². The number of anilines is 2. The maximum atomic E-state index is 12.0. The molecule has 6 heteroatoms. The minimum atomic E-state index is -0.221. The molecule has 2 N–H and O–H groups in total. The molecule has 0 radical (unpaired) electrons. The lowest BCUT2D eigenvalue weighted by Crippen LogP contribution is -2.30. The van der Waals surface area contributed by atoms with Gasteiger partial charge < -0.3 is 20.3 Å². The predicted molar refractivity (Wildman–Crippen MR) is 102 cm³/mol. The summed E-state index contributed by atoms with van der Waals surface area (Å²) >= 11 is 3.45. The molecular weight excluding hydrogens is 370 g/mol. The molecule has 0 aliphatic heterocycles. The highest BCUT2D eigenvalue weighted by Gasteiger charge is 2.06. The average Bonchev–Trinajstić information content (AvgIpc) is 2.55. The Balaban J connectivity index is 1.84. The summed E-state index contributed by atoms with van der Waals surface area (Å²) in [6.07, 6.45) is 0.690. The first-order valence-corrected chi connectivity index (χ1v) is 8.43. The summed E-state index contributed by atoms with van der Waals surface area (Å²) in [7, 11) is 5.60. The first-order valence-electron chi connectivity index (χ1n) is 7.64. The van der Waals surface area contributed by atoms with Crippen molar-refractivity contribution >= 4 is 33.3 Å². The first-order chi connectivity index (χ1) is 11.5. The highest BCUT2D eigenvalue weighted by atomic mass is 79.9. The standard InChI is InChI=1S/C18H22BrN3O2/c1-22(2)16-7-5-15(6-8-16)21-18(23)20-11-10-13-12-14(19)4-9-17(13)24-3/h4-9,12H,10-11H2,1-3H3,(H2,20,21,23). The fourth-order valence-electron chi connectivity index (χ4n) is 2.27. The number of hydrogen-bond acceptors (Lipinski definition) is 3. The average molecular weight is 392 g/mol. The molecule has 0 heterocycles. The van der Waals surface area contributed by atoms with Gasteiger partial charge in [-0.2, -0.15) is 0 Å². The van der Waals surface area contributed by atoms with Crippen molar-refractivity contribution in [3.8, 4) is 5.75 Å². The summed E-state index contributed by atoms with van der Waals surface area (Å²) in [5.74, 6) is 0.819. The molecule has 0 saturated heterocycles. The molecule has 0 bridgehead atoms. The summed E-state index contributed by atoms with van der Waals surface area (Å²) in [4.78, 5) is 14.0. The van der Waals surface area contributed by atoms with Crippen LogP contribution in [0, 0.1) is 0 Å². The topological polar surface area (TPSA) is 53.6 Å². The smallest absolute Gasteiger partial charge is 0.319 e. The number of carbonyl (C=O) groups is 1. The van der Waals surface area contributed by atoms with Crippen LogP contribution in [0.25, 0.3) is 0 Å². The van der Waals surface area contributed by atoms with Gasteiger partial charge in [-0.1, -0.05) is 15.9 Å². The molecule has 5 nitrogen and oxygen atoms in total. The van der Waals surface area contributed by atoms with Gasteiger partial charge in [-0.3, -0.25) is 0 Å². The van der Waals surface area contributed by atoms with Crippen molar-refractivity contribution in [1.29, 1.82) is 0 Å². The molecule has 0 fully saturated rings. The predicted octanol–water partition coefficient (Wildman–Crippen LogP) is 3.89. The molecule has 2 aromatic carbocycles. The molecule has 0 unspecified atom stereocenters. The Kier molecular flexibility index (Phi) is 6.49. The van der Waals surface area contributed by atoms with Gasteiger partial charge in [-0.05, 0) is 54.4 Å². The summed E-state index contributed by atoms with van der Waals surface area (Å²) in [5, 5.41) is 5.68. The fourth-order valence-corrected chi connectivity index (χ4v) is 2.68. The lowest BCUT2D eigenvalue weighted by atomic mass is 10.1. The van der Waals surface area contributed by atoms with Crippen molar-refractivity contribution in [3.63, 3.8) is 0 Å². The number of rotatable bonds is 6. The van der Waals surface area contributed by atoms with Crippen molar-refractivity contribution < 1.29 is 9.53 Å². The van der Waals surface area contributed by atoms with Crippen LogP contribution in [-0.4, -0.2) is 33.8 Å². The second kappa shape index (κ2) is 8.59. The number of carbonyl (C=O) groups excluding carboxylic acids is 1. The van der Waals surface area contributed by atoms with E-state index in [1.807, 2.05) is 61.5 Å². The van der Waals surface area contributed by atoms with Gasteiger partial charge in [0.05, 0.1) is 7.11 Å². The number of methoxy groups -OCH3 is 1. The molecule has 2 rings (SSSR count). The van der Waals surface area contributed by atoms with Crippen molar-refractivity contribution in [3.05, 3.63) is 52.5 Å². The van der Waals surface area contributed by atoms with E-state index in [4.69, 9.17) is 4.74 Å². The third-order valence-corrected chi connectivity index (χ3v) is 4.06. The number of nitrogens with one attached hydrogen (secondary N) is 2. The van der Waals surface area contributed by atoms with Crippen molar-refractivity contribution in [2.45, 2.75) is 6.42 Å². The highest BCUT2D eigenvalue weighted by molar-refractivity contribution is 9.10. The van der Waals surface area contributed by atoms with E-state index < -0.39 is 0 Å². The summed E-state index contributed by atoms with van der Waals surface area (Å²) in [5.41, 5.74) is 2.89. The van der Waals surface area contributed by atoms with Crippen LogP contribution in [0.5, 0.6) is 5.75 Å². The number of nitrogens with zero attached hydrogens (tertiary/aromatic N) is 1. The lowest BCUT2D eigenvalue weighted by Gasteiger charge is -2.13. The number of halogens is 1. The van der Waals surface area contributed by atoms with E-state index >= 15 is 0 Å². The van der Waals surface area contributed by atoms with Crippen LogP contribution in [0.15, 0.2) is 46.9 Å². The molecule has 2 aromatic rings. The molecule has 24 heavy (non-hydrogen) atoms. The van der Waals surface area contributed by atoms with Gasteiger partial charge in [-0.15, -0.1) is 0 Å². The summed E-state index contributed by atoms with van der Waals surface area (Å²) in [6.45, 7) is 0.522. The van der Waals surface area contributed by atoms with Gasteiger partial charge >= 0.3 is 6.03 Å². The largest absolute Gasteiger partial charge is 0.496 e. The number of ether oxygens (including phenoxy) is 1. The van der Waals surface area contributed by atoms with E-state index in [0.717, 1.165) is 27.2 Å². The Bertz CT molecular complexity index is 687. The van der Waals surface area contributed by atoms with E-state index in [1.54, 1.807) is 7.11 Å². The molecule has 0 saturated carbocycles. The second-order valence-corrected chi connectivity index (χ2v) is 6.44. The van der Waals surface area contributed by atoms with Gasteiger partial charge in [0.25, 0.3) is 0 Å². The second-order valence-electron chi connectivity index (χ2n) is 5.53. The van der Waals surface area contributed by atoms with Crippen LogP contribution in [0.3, 0.4) is 0 Å². The maximum Gasteiger partial charge on any atom is 0.319 e. The molecule has 0 spiro atoms. The third-order valence-electron chi connectivity index (χ3n) is 3.56. The van der Waals surface area contributed by atoms with Crippen LogP contribution in [0.4, 0.5) is 16.2 Å². The normalized spacial score (nSPS) is 10.2. The number of amides is 2. The van der Waals surface area contributed by atoms with E-state index in [0.29, 0.717) is 13.0 Å². The van der Waals surface area contributed by atoms with Crippen molar-refractivity contribution in [2.75, 3.05) is 38.0 Å². The van der Waals surface area contributed by atoms with Crippen LogP contribution in [-0.2, 0) is 6.42 Å². The first kappa shape index (κ1) is 18.1. The molecular formula is C18H22BrN3O2. The highest BCUT2D eigenvalue weighted by Crippen LogP contribution is 2.23. The number of hydrogen-bond donors (Lipinski definition) is 2. The quantitative estimate of drug-likeness (QED) is 0.785. The Morgan fingerprint density at radius 2 is 1.88 bits per heavy atom. The van der Waals surface area contributed by atoms with E-state index in [-0.39, 0.29) is 6.03 Å². The summed E-state index contributed by atoms with van der Waals surface area (Å²) < 4.78 is 6.32. The lowest BCUT2D eigenvalue weighted by molar-refractivity contribution is 0.252. The molecule has 0 aliphatic rings. The molecule has 2 amide bonds. The Labute approximate surface area is 151 Å². The van der Waals surface area contributed by atoms with E-state index in [2.05, 4.69) is 26.6 Å². The Morgan fingerprint density at radius 3 is 2.50 bits per heavy atom. The monoisotopic (exact) mass is 391 g/mol. The Hall–Kier alpha value is -2.21. The van der Waals surface area contributed by atoms with Crippen molar-refractivity contribution in [2.24, 2.45) is 0 Å². The summed E-state index contributed by atoms with van der Waals surface area (Å²) in [6, 6.07) is 13.3. The zero-order valence-electron chi connectivity index (χ0n) is 14.1. The fraction of sp³-hybridized carbons (Fsp3) is 0.278. The van der Waals surface area contributed by atoms with Gasteiger partial charge in [-0.25, -0.2) is 4.79 Å². The zero-order chi connectivity index (χ0) is 17.5. The molecule has 0 aliphatic carbocycles. The minimum Gasteiger partial charge on any atom is -0.496 e. The van der Waals surface area contributed by atoms with Gasteiger partial charge in [0.2, 0.25) is 0 Å². The molecule has 0 aromatic heterocycles. The van der Waals surface area contributed by atoms with Crippen LogP contribution in [0.1, 0.15) is 5.56 Å². The number of benzene rings is 2. The molecule has 128 valence electrons.